The predicted octanol–water partition coefficient (Wildman–Crippen LogP) is 5.05. The maximum absolute atomic E-state index is 5.80. The Morgan fingerprint density at radius 3 is 2.50 bits per heavy atom. The minimum Gasteiger partial charge on any atom is -0.497 e. The Bertz CT molecular complexity index is 978. The smallest absolute Gasteiger partial charge is 0.258 e. The average molecular weight is 364 g/mol. The van der Waals surface area contributed by atoms with E-state index in [2.05, 4.69) is 10.2 Å². The molecule has 2 heterocycles. The summed E-state index contributed by atoms with van der Waals surface area (Å²) in [6.45, 7) is 0.470. The first-order valence-electron chi connectivity index (χ1n) is 8.05. The summed E-state index contributed by atoms with van der Waals surface area (Å²) in [5.41, 5.74) is 1.93. The molecule has 0 aliphatic heterocycles. The fourth-order valence-corrected chi connectivity index (χ4v) is 3.09. The summed E-state index contributed by atoms with van der Waals surface area (Å²) < 4.78 is 16.8. The van der Waals surface area contributed by atoms with Crippen LogP contribution in [-0.4, -0.2) is 17.3 Å². The zero-order valence-corrected chi connectivity index (χ0v) is 14.9. The monoisotopic (exact) mass is 364 g/mol. The molecule has 6 heteroatoms. The summed E-state index contributed by atoms with van der Waals surface area (Å²) in [6, 6.07) is 19.4. The van der Waals surface area contributed by atoms with E-state index >= 15 is 0 Å². The molecule has 0 bridgehead atoms. The third-order valence-corrected chi connectivity index (χ3v) is 4.66. The quantitative estimate of drug-likeness (QED) is 0.479. The first-order valence-corrected chi connectivity index (χ1v) is 8.93. The number of aromatic nitrogens is 2. The minimum absolute atomic E-state index is 0.470. The van der Waals surface area contributed by atoms with E-state index in [9.17, 15) is 0 Å². The predicted molar refractivity (Wildman–Crippen MR) is 100 cm³/mol. The second-order valence-corrected chi connectivity index (χ2v) is 6.50. The Hall–Kier alpha value is -3.12. The molecule has 2 aromatic carbocycles. The Kier molecular flexibility index (Phi) is 4.66. The van der Waals surface area contributed by atoms with E-state index in [0.717, 1.165) is 27.5 Å². The first kappa shape index (κ1) is 16.4. The molecule has 0 aliphatic carbocycles. The van der Waals surface area contributed by atoms with Gasteiger partial charge >= 0.3 is 0 Å². The van der Waals surface area contributed by atoms with Crippen molar-refractivity contribution in [2.24, 2.45) is 0 Å². The van der Waals surface area contributed by atoms with E-state index in [1.54, 1.807) is 18.4 Å². The van der Waals surface area contributed by atoms with Gasteiger partial charge in [-0.2, -0.15) is 0 Å². The molecule has 4 aromatic rings. The standard InChI is InChI=1S/C20H16N2O3S/c1-23-16-4-2-5-17(12-16)24-13-14-7-9-15(10-8-14)19-21-22-20(25-19)18-6-3-11-26-18/h2-12H,13H2,1H3. The maximum Gasteiger partial charge on any atom is 0.258 e. The fraction of sp³-hybridized carbons (Fsp3) is 0.100. The second kappa shape index (κ2) is 7.41. The van der Waals surface area contributed by atoms with Crippen LogP contribution in [0.25, 0.3) is 22.2 Å². The van der Waals surface area contributed by atoms with Crippen molar-refractivity contribution >= 4 is 11.3 Å². The Balaban J connectivity index is 1.43. The molecule has 0 amide bonds. The van der Waals surface area contributed by atoms with E-state index in [1.165, 1.54) is 0 Å². The highest BCUT2D eigenvalue weighted by atomic mass is 32.1. The van der Waals surface area contributed by atoms with E-state index in [1.807, 2.05) is 66.0 Å². The Morgan fingerprint density at radius 2 is 1.73 bits per heavy atom. The van der Waals surface area contributed by atoms with Crippen molar-refractivity contribution in [2.75, 3.05) is 7.11 Å². The second-order valence-electron chi connectivity index (χ2n) is 5.55. The molecule has 5 nitrogen and oxygen atoms in total. The van der Waals surface area contributed by atoms with Crippen LogP contribution in [0.5, 0.6) is 11.5 Å². The van der Waals surface area contributed by atoms with Gasteiger partial charge in [-0.05, 0) is 41.3 Å². The lowest BCUT2D eigenvalue weighted by atomic mass is 10.1. The molecule has 0 saturated heterocycles. The van der Waals surface area contributed by atoms with Crippen molar-refractivity contribution in [1.82, 2.24) is 10.2 Å². The van der Waals surface area contributed by atoms with Crippen molar-refractivity contribution in [3.63, 3.8) is 0 Å². The van der Waals surface area contributed by atoms with Crippen LogP contribution in [0.1, 0.15) is 5.56 Å². The minimum atomic E-state index is 0.470. The summed E-state index contributed by atoms with van der Waals surface area (Å²) in [7, 11) is 1.64. The molecule has 0 N–H and O–H groups in total. The summed E-state index contributed by atoms with van der Waals surface area (Å²) in [6.07, 6.45) is 0. The molecule has 0 unspecified atom stereocenters. The van der Waals surface area contributed by atoms with Crippen molar-refractivity contribution in [1.29, 1.82) is 0 Å². The zero-order valence-electron chi connectivity index (χ0n) is 14.1. The molecule has 2 aromatic heterocycles. The lowest BCUT2D eigenvalue weighted by Gasteiger charge is -2.08. The number of thiophene rings is 1. The molecule has 0 fully saturated rings. The van der Waals surface area contributed by atoms with Crippen LogP contribution in [-0.2, 0) is 6.61 Å². The lowest BCUT2D eigenvalue weighted by molar-refractivity contribution is 0.303. The largest absolute Gasteiger partial charge is 0.497 e. The van der Waals surface area contributed by atoms with Gasteiger partial charge in [0.1, 0.15) is 18.1 Å². The summed E-state index contributed by atoms with van der Waals surface area (Å²) in [5, 5.41) is 10.2. The highest BCUT2D eigenvalue weighted by Gasteiger charge is 2.11. The number of hydrogen-bond acceptors (Lipinski definition) is 6. The molecule has 0 spiro atoms. The van der Waals surface area contributed by atoms with E-state index < -0.39 is 0 Å². The van der Waals surface area contributed by atoms with E-state index in [4.69, 9.17) is 13.9 Å². The van der Waals surface area contributed by atoms with Crippen LogP contribution >= 0.6 is 11.3 Å². The van der Waals surface area contributed by atoms with Crippen molar-refractivity contribution in [3.05, 3.63) is 71.6 Å². The molecule has 130 valence electrons. The molecule has 0 aliphatic rings. The van der Waals surface area contributed by atoms with Crippen molar-refractivity contribution < 1.29 is 13.9 Å². The van der Waals surface area contributed by atoms with Gasteiger partial charge in [-0.3, -0.25) is 0 Å². The van der Waals surface area contributed by atoms with Crippen LogP contribution in [0.2, 0.25) is 0 Å². The van der Waals surface area contributed by atoms with Crippen LogP contribution in [0.3, 0.4) is 0 Å². The molecule has 0 saturated carbocycles. The SMILES string of the molecule is COc1cccc(OCc2ccc(-c3nnc(-c4cccs4)o3)cc2)c1. The van der Waals surface area contributed by atoms with E-state index in [-0.39, 0.29) is 0 Å². The van der Waals surface area contributed by atoms with Crippen molar-refractivity contribution in [3.8, 4) is 33.7 Å². The van der Waals surface area contributed by atoms with Crippen molar-refractivity contribution in [2.45, 2.75) is 6.61 Å². The van der Waals surface area contributed by atoms with Gasteiger partial charge in [0, 0.05) is 11.6 Å². The normalized spacial score (nSPS) is 10.7. The number of benzene rings is 2. The summed E-state index contributed by atoms with van der Waals surface area (Å²) in [5.74, 6) is 2.59. The fourth-order valence-electron chi connectivity index (χ4n) is 2.44. The van der Waals surface area contributed by atoms with Gasteiger partial charge in [-0.15, -0.1) is 21.5 Å². The zero-order chi connectivity index (χ0) is 17.8. The van der Waals surface area contributed by atoms with E-state index in [0.29, 0.717) is 18.4 Å². The van der Waals surface area contributed by atoms with Gasteiger partial charge in [0.25, 0.3) is 5.89 Å². The number of methoxy groups -OCH3 is 1. The van der Waals surface area contributed by atoms with Gasteiger partial charge in [0.15, 0.2) is 0 Å². The third-order valence-electron chi connectivity index (χ3n) is 3.80. The highest BCUT2D eigenvalue weighted by molar-refractivity contribution is 7.13. The number of nitrogens with zero attached hydrogens (tertiary/aromatic N) is 2. The average Bonchev–Trinajstić information content (AvgIpc) is 3.38. The Morgan fingerprint density at radius 1 is 0.923 bits per heavy atom. The van der Waals surface area contributed by atoms with Crippen LogP contribution in [0.4, 0.5) is 0 Å². The van der Waals surface area contributed by atoms with Crippen LogP contribution in [0, 0.1) is 0 Å². The topological polar surface area (TPSA) is 57.4 Å². The molecular formula is C20H16N2O3S. The number of hydrogen-bond donors (Lipinski definition) is 0. The maximum atomic E-state index is 5.80. The molecule has 0 atom stereocenters. The number of rotatable bonds is 6. The molecule has 4 rings (SSSR count). The molecule has 26 heavy (non-hydrogen) atoms. The molecule has 0 radical (unpaired) electrons. The van der Waals surface area contributed by atoms with Crippen LogP contribution < -0.4 is 9.47 Å². The summed E-state index contributed by atoms with van der Waals surface area (Å²) >= 11 is 1.57. The molecular weight excluding hydrogens is 348 g/mol. The number of ether oxygens (including phenoxy) is 2. The van der Waals surface area contributed by atoms with Gasteiger partial charge < -0.3 is 13.9 Å². The van der Waals surface area contributed by atoms with Gasteiger partial charge in [0.2, 0.25) is 5.89 Å². The first-order chi connectivity index (χ1) is 12.8. The highest BCUT2D eigenvalue weighted by Crippen LogP contribution is 2.27. The lowest BCUT2D eigenvalue weighted by Crippen LogP contribution is -1.95. The third kappa shape index (κ3) is 3.60. The van der Waals surface area contributed by atoms with Gasteiger partial charge in [0.05, 0.1) is 12.0 Å². The van der Waals surface area contributed by atoms with Gasteiger partial charge in [-0.1, -0.05) is 24.3 Å². The summed E-state index contributed by atoms with van der Waals surface area (Å²) in [4.78, 5) is 0.965. The van der Waals surface area contributed by atoms with Gasteiger partial charge in [-0.25, -0.2) is 0 Å². The van der Waals surface area contributed by atoms with Crippen LogP contribution in [0.15, 0.2) is 70.5 Å². The Labute approximate surface area is 154 Å².